The lowest BCUT2D eigenvalue weighted by atomic mass is 10.2. The summed E-state index contributed by atoms with van der Waals surface area (Å²) < 4.78 is 0. The van der Waals surface area contributed by atoms with E-state index in [2.05, 4.69) is 15.8 Å². The van der Waals surface area contributed by atoms with Crippen molar-refractivity contribution < 1.29 is 14.7 Å². The first-order valence-corrected chi connectivity index (χ1v) is 8.52. The van der Waals surface area contributed by atoms with Crippen LogP contribution in [0.5, 0.6) is 5.75 Å². The quantitative estimate of drug-likeness (QED) is 0.497. The van der Waals surface area contributed by atoms with Crippen molar-refractivity contribution in [2.75, 3.05) is 0 Å². The standard InChI is InChI=1S/C18H17Cl2N3O3/c19-14-8-13(18(26)15(20)9-14)11-22-23-17(25)7-6-16(24)21-10-12-4-2-1-3-5-12/h1-5,8-9,11,26H,6-7,10H2,(H,21,24)(H,23,25)/b22-11+. The molecule has 8 heteroatoms. The molecule has 0 aliphatic carbocycles. The van der Waals surface area contributed by atoms with Crippen molar-refractivity contribution in [3.8, 4) is 5.75 Å². The van der Waals surface area contributed by atoms with Crippen LogP contribution in [0, 0.1) is 0 Å². The number of rotatable bonds is 7. The van der Waals surface area contributed by atoms with Crippen molar-refractivity contribution in [3.63, 3.8) is 0 Å². The molecule has 136 valence electrons. The maximum Gasteiger partial charge on any atom is 0.240 e. The summed E-state index contributed by atoms with van der Waals surface area (Å²) in [4.78, 5) is 23.5. The molecule has 0 saturated carbocycles. The number of carbonyl (C=O) groups excluding carboxylic acids is 2. The summed E-state index contributed by atoms with van der Waals surface area (Å²) in [6, 6.07) is 12.3. The summed E-state index contributed by atoms with van der Waals surface area (Å²) in [5.74, 6) is -0.842. The molecule has 0 bridgehead atoms. The molecule has 0 heterocycles. The van der Waals surface area contributed by atoms with Crippen LogP contribution in [0.4, 0.5) is 0 Å². The zero-order valence-corrected chi connectivity index (χ0v) is 15.2. The number of halogens is 2. The smallest absolute Gasteiger partial charge is 0.240 e. The van der Waals surface area contributed by atoms with Crippen molar-refractivity contribution in [1.29, 1.82) is 0 Å². The number of benzene rings is 2. The molecule has 2 aromatic carbocycles. The molecule has 0 saturated heterocycles. The molecule has 0 aliphatic heterocycles. The average Bonchev–Trinajstić information content (AvgIpc) is 2.63. The highest BCUT2D eigenvalue weighted by Gasteiger charge is 2.08. The lowest BCUT2D eigenvalue weighted by Crippen LogP contribution is -2.25. The van der Waals surface area contributed by atoms with Gasteiger partial charge in [0, 0.05) is 30.0 Å². The largest absolute Gasteiger partial charge is 0.506 e. The van der Waals surface area contributed by atoms with Crippen LogP contribution in [0.1, 0.15) is 24.0 Å². The van der Waals surface area contributed by atoms with Gasteiger partial charge in [-0.05, 0) is 17.7 Å². The number of phenolic OH excluding ortho intramolecular Hbond substituents is 1. The summed E-state index contributed by atoms with van der Waals surface area (Å²) in [5, 5.41) is 16.6. The molecular formula is C18H17Cl2N3O3. The molecule has 2 amide bonds. The predicted molar refractivity (Wildman–Crippen MR) is 101 cm³/mol. The maximum absolute atomic E-state index is 11.7. The van der Waals surface area contributed by atoms with Crippen LogP contribution >= 0.6 is 23.2 Å². The van der Waals surface area contributed by atoms with E-state index < -0.39 is 5.91 Å². The monoisotopic (exact) mass is 393 g/mol. The Bertz CT molecular complexity index is 811. The fourth-order valence-electron chi connectivity index (χ4n) is 2.03. The minimum atomic E-state index is -0.427. The number of nitrogens with zero attached hydrogens (tertiary/aromatic N) is 1. The van der Waals surface area contributed by atoms with Gasteiger partial charge in [0.05, 0.1) is 11.2 Å². The van der Waals surface area contributed by atoms with Crippen molar-refractivity contribution in [3.05, 3.63) is 63.6 Å². The normalized spacial score (nSPS) is 10.7. The van der Waals surface area contributed by atoms with Crippen LogP contribution in [0.3, 0.4) is 0 Å². The predicted octanol–water partition coefficient (Wildman–Crippen LogP) is 3.25. The maximum atomic E-state index is 11.7. The van der Waals surface area contributed by atoms with Gasteiger partial charge >= 0.3 is 0 Å². The third-order valence-corrected chi connectivity index (χ3v) is 3.87. The highest BCUT2D eigenvalue weighted by molar-refractivity contribution is 6.36. The van der Waals surface area contributed by atoms with E-state index in [9.17, 15) is 14.7 Å². The Morgan fingerprint density at radius 1 is 1.08 bits per heavy atom. The van der Waals surface area contributed by atoms with Crippen molar-refractivity contribution in [1.82, 2.24) is 10.7 Å². The number of hydrazone groups is 1. The fraction of sp³-hybridized carbons (Fsp3) is 0.167. The molecule has 0 atom stereocenters. The number of nitrogens with one attached hydrogen (secondary N) is 2. The van der Waals surface area contributed by atoms with Crippen molar-refractivity contribution >= 4 is 41.2 Å². The van der Waals surface area contributed by atoms with Crippen LogP contribution in [-0.4, -0.2) is 23.1 Å². The van der Waals surface area contributed by atoms with E-state index in [4.69, 9.17) is 23.2 Å². The first-order chi connectivity index (χ1) is 12.5. The summed E-state index contributed by atoms with van der Waals surface area (Å²) in [6.45, 7) is 0.411. The van der Waals surface area contributed by atoms with Gasteiger partial charge in [-0.25, -0.2) is 5.43 Å². The number of carbonyl (C=O) groups is 2. The fourth-order valence-corrected chi connectivity index (χ4v) is 2.54. The first kappa shape index (κ1) is 19.8. The van der Waals surface area contributed by atoms with Gasteiger partial charge in [0.2, 0.25) is 11.8 Å². The van der Waals surface area contributed by atoms with E-state index >= 15 is 0 Å². The van der Waals surface area contributed by atoms with Crippen LogP contribution in [0.2, 0.25) is 10.0 Å². The van der Waals surface area contributed by atoms with Gasteiger partial charge in [0.15, 0.2) is 0 Å². The van der Waals surface area contributed by atoms with Gasteiger partial charge in [0.25, 0.3) is 0 Å². The Kier molecular flexibility index (Phi) is 7.44. The van der Waals surface area contributed by atoms with Crippen LogP contribution in [0.25, 0.3) is 0 Å². The Labute approximate surface area is 160 Å². The van der Waals surface area contributed by atoms with Crippen molar-refractivity contribution in [2.24, 2.45) is 5.10 Å². The van der Waals surface area contributed by atoms with Crippen LogP contribution < -0.4 is 10.7 Å². The summed E-state index contributed by atoms with van der Waals surface area (Å²) in [7, 11) is 0. The molecule has 0 unspecified atom stereocenters. The molecule has 26 heavy (non-hydrogen) atoms. The molecule has 2 aromatic rings. The zero-order valence-electron chi connectivity index (χ0n) is 13.7. The Balaban J connectivity index is 1.74. The minimum absolute atomic E-state index is 0.0136. The first-order valence-electron chi connectivity index (χ1n) is 7.76. The van der Waals surface area contributed by atoms with Gasteiger partial charge in [-0.2, -0.15) is 5.10 Å². The third-order valence-electron chi connectivity index (χ3n) is 3.36. The van der Waals surface area contributed by atoms with Gasteiger partial charge in [-0.1, -0.05) is 53.5 Å². The molecule has 2 rings (SSSR count). The van der Waals surface area contributed by atoms with E-state index in [1.165, 1.54) is 18.3 Å². The molecule has 0 radical (unpaired) electrons. The number of hydrogen-bond donors (Lipinski definition) is 3. The molecule has 0 aliphatic rings. The molecular weight excluding hydrogens is 377 g/mol. The van der Waals surface area contributed by atoms with Gasteiger partial charge in [-0.3, -0.25) is 9.59 Å². The number of aromatic hydroxyl groups is 1. The van der Waals surface area contributed by atoms with Gasteiger partial charge in [-0.15, -0.1) is 0 Å². The minimum Gasteiger partial charge on any atom is -0.506 e. The summed E-state index contributed by atoms with van der Waals surface area (Å²) in [5.41, 5.74) is 3.53. The van der Waals surface area contributed by atoms with E-state index in [1.54, 1.807) is 0 Å². The van der Waals surface area contributed by atoms with E-state index in [0.717, 1.165) is 5.56 Å². The Hall–Kier alpha value is -2.57. The lowest BCUT2D eigenvalue weighted by molar-refractivity contribution is -0.126. The lowest BCUT2D eigenvalue weighted by Gasteiger charge is -2.05. The SMILES string of the molecule is O=C(CCC(=O)N/N=C/c1cc(Cl)cc(Cl)c1O)NCc1ccccc1. The molecule has 0 spiro atoms. The average molecular weight is 394 g/mol. The third kappa shape index (κ3) is 6.38. The Morgan fingerprint density at radius 2 is 1.77 bits per heavy atom. The number of hydrogen-bond acceptors (Lipinski definition) is 4. The van der Waals surface area contributed by atoms with E-state index in [-0.39, 0.29) is 35.1 Å². The Morgan fingerprint density at radius 3 is 2.50 bits per heavy atom. The number of phenols is 1. The molecule has 0 aromatic heterocycles. The molecule has 0 fully saturated rings. The second-order valence-corrected chi connectivity index (χ2v) is 6.22. The van der Waals surface area contributed by atoms with E-state index in [0.29, 0.717) is 11.6 Å². The van der Waals surface area contributed by atoms with Crippen molar-refractivity contribution in [2.45, 2.75) is 19.4 Å². The second kappa shape index (κ2) is 9.79. The van der Waals surface area contributed by atoms with Crippen LogP contribution in [0.15, 0.2) is 47.6 Å². The van der Waals surface area contributed by atoms with Crippen LogP contribution in [-0.2, 0) is 16.1 Å². The van der Waals surface area contributed by atoms with Gasteiger partial charge in [0.1, 0.15) is 5.75 Å². The topological polar surface area (TPSA) is 90.8 Å². The number of amides is 2. The molecule has 3 N–H and O–H groups in total. The highest BCUT2D eigenvalue weighted by atomic mass is 35.5. The summed E-state index contributed by atoms with van der Waals surface area (Å²) in [6.07, 6.45) is 1.25. The van der Waals surface area contributed by atoms with E-state index in [1.807, 2.05) is 30.3 Å². The van der Waals surface area contributed by atoms with Gasteiger partial charge < -0.3 is 10.4 Å². The second-order valence-electron chi connectivity index (χ2n) is 5.38. The highest BCUT2D eigenvalue weighted by Crippen LogP contribution is 2.29. The zero-order chi connectivity index (χ0) is 18.9. The molecule has 6 nitrogen and oxygen atoms in total. The summed E-state index contributed by atoms with van der Waals surface area (Å²) >= 11 is 11.6.